The first-order valence-electron chi connectivity index (χ1n) is 5.01. The van der Waals surface area contributed by atoms with Crippen LogP contribution in [0.5, 0.6) is 5.75 Å². The highest BCUT2D eigenvalue weighted by atomic mass is 35.5. The Morgan fingerprint density at radius 1 is 1.47 bits per heavy atom. The van der Waals surface area contributed by atoms with Crippen molar-refractivity contribution in [1.82, 2.24) is 0 Å². The van der Waals surface area contributed by atoms with Crippen molar-refractivity contribution < 1.29 is 9.53 Å². The number of hydrogen-bond acceptors (Lipinski definition) is 2. The average molecular weight is 227 g/mol. The molecule has 15 heavy (non-hydrogen) atoms. The minimum atomic E-state index is 0.0732. The van der Waals surface area contributed by atoms with E-state index in [1.165, 1.54) is 0 Å². The second-order valence-electron chi connectivity index (χ2n) is 3.27. The molecule has 3 heteroatoms. The molecule has 0 N–H and O–H groups in total. The van der Waals surface area contributed by atoms with Crippen LogP contribution in [-0.2, 0) is 0 Å². The molecule has 0 aliphatic rings. The fourth-order valence-electron chi connectivity index (χ4n) is 1.38. The molecule has 0 amide bonds. The van der Waals surface area contributed by atoms with Crippen molar-refractivity contribution in [3.05, 3.63) is 29.3 Å². The number of Topliss-reactive ketones (excluding diaryl/α,β-unsaturated/α-hetero) is 1. The molecule has 0 aromatic heterocycles. The van der Waals surface area contributed by atoms with Crippen LogP contribution in [0.3, 0.4) is 0 Å². The maximum absolute atomic E-state index is 11.7. The molecule has 1 aromatic carbocycles. The molecule has 0 unspecified atom stereocenters. The zero-order chi connectivity index (χ0) is 11.3. The minimum Gasteiger partial charge on any atom is -0.494 e. The lowest BCUT2D eigenvalue weighted by Crippen LogP contribution is -2.03. The molecule has 0 aliphatic heterocycles. The Kier molecular flexibility index (Phi) is 4.63. The summed E-state index contributed by atoms with van der Waals surface area (Å²) in [5.74, 6) is 1.17. The highest BCUT2D eigenvalue weighted by Gasteiger charge is 2.09. The van der Waals surface area contributed by atoms with Crippen molar-refractivity contribution in [1.29, 1.82) is 0 Å². The van der Waals surface area contributed by atoms with Gasteiger partial charge in [-0.2, -0.15) is 0 Å². The van der Waals surface area contributed by atoms with E-state index in [1.54, 1.807) is 6.07 Å². The molecular weight excluding hydrogens is 212 g/mol. The smallest absolute Gasteiger partial charge is 0.164 e. The Hall–Kier alpha value is -1.02. The standard InChI is InChI=1S/C12H15ClO2/c1-3-15-10-5-4-9(2)11(8-10)12(14)6-7-13/h4-5,8H,3,6-7H2,1-2H3. The fraction of sp³-hybridized carbons (Fsp3) is 0.417. The number of aryl methyl sites for hydroxylation is 1. The second kappa shape index (κ2) is 5.76. The van der Waals surface area contributed by atoms with E-state index in [4.69, 9.17) is 16.3 Å². The van der Waals surface area contributed by atoms with Gasteiger partial charge < -0.3 is 4.74 Å². The molecule has 0 atom stereocenters. The Labute approximate surface area is 95.2 Å². The average Bonchev–Trinajstić information content (AvgIpc) is 2.21. The molecule has 1 aromatic rings. The summed E-state index contributed by atoms with van der Waals surface area (Å²) < 4.78 is 5.34. The third kappa shape index (κ3) is 3.24. The van der Waals surface area contributed by atoms with E-state index in [1.807, 2.05) is 26.0 Å². The maximum atomic E-state index is 11.7. The van der Waals surface area contributed by atoms with E-state index in [2.05, 4.69) is 0 Å². The molecule has 0 radical (unpaired) electrons. The monoisotopic (exact) mass is 226 g/mol. The van der Waals surface area contributed by atoms with Gasteiger partial charge in [-0.25, -0.2) is 0 Å². The molecule has 0 saturated heterocycles. The van der Waals surface area contributed by atoms with Gasteiger partial charge in [-0.1, -0.05) is 6.07 Å². The van der Waals surface area contributed by atoms with Gasteiger partial charge in [-0.15, -0.1) is 11.6 Å². The van der Waals surface area contributed by atoms with E-state index < -0.39 is 0 Å². The lowest BCUT2D eigenvalue weighted by atomic mass is 10.0. The third-order valence-corrected chi connectivity index (χ3v) is 2.33. The third-order valence-electron chi connectivity index (χ3n) is 2.14. The number of rotatable bonds is 5. The SMILES string of the molecule is CCOc1ccc(C)c(C(=O)CCCl)c1. The summed E-state index contributed by atoms with van der Waals surface area (Å²) in [6.07, 6.45) is 0.373. The van der Waals surface area contributed by atoms with Crippen LogP contribution in [0.15, 0.2) is 18.2 Å². The van der Waals surface area contributed by atoms with Crippen molar-refractivity contribution in [2.45, 2.75) is 20.3 Å². The number of hydrogen-bond donors (Lipinski definition) is 0. The van der Waals surface area contributed by atoms with Gasteiger partial charge in [-0.3, -0.25) is 4.79 Å². The summed E-state index contributed by atoms with van der Waals surface area (Å²) in [5, 5.41) is 0. The van der Waals surface area contributed by atoms with E-state index >= 15 is 0 Å². The highest BCUT2D eigenvalue weighted by Crippen LogP contribution is 2.19. The second-order valence-corrected chi connectivity index (χ2v) is 3.65. The van der Waals surface area contributed by atoms with Crippen LogP contribution in [0, 0.1) is 6.92 Å². The molecule has 0 spiro atoms. The van der Waals surface area contributed by atoms with Gasteiger partial charge in [0, 0.05) is 17.9 Å². The maximum Gasteiger partial charge on any atom is 0.164 e. The topological polar surface area (TPSA) is 26.3 Å². The largest absolute Gasteiger partial charge is 0.494 e. The molecule has 0 heterocycles. The van der Waals surface area contributed by atoms with Gasteiger partial charge in [-0.05, 0) is 31.5 Å². The summed E-state index contributed by atoms with van der Waals surface area (Å²) >= 11 is 5.55. The number of halogens is 1. The van der Waals surface area contributed by atoms with E-state index in [0.29, 0.717) is 24.5 Å². The van der Waals surface area contributed by atoms with E-state index in [-0.39, 0.29) is 5.78 Å². The lowest BCUT2D eigenvalue weighted by molar-refractivity contribution is 0.0988. The Morgan fingerprint density at radius 2 is 2.20 bits per heavy atom. The predicted octanol–water partition coefficient (Wildman–Crippen LogP) is 3.21. The van der Waals surface area contributed by atoms with Gasteiger partial charge in [0.2, 0.25) is 0 Å². The summed E-state index contributed by atoms with van der Waals surface area (Å²) in [7, 11) is 0. The quantitative estimate of drug-likeness (QED) is 0.569. The van der Waals surface area contributed by atoms with Crippen LogP contribution in [0.1, 0.15) is 29.3 Å². The Morgan fingerprint density at radius 3 is 2.80 bits per heavy atom. The van der Waals surface area contributed by atoms with Crippen molar-refractivity contribution in [3.8, 4) is 5.75 Å². The van der Waals surface area contributed by atoms with Crippen LogP contribution in [0.2, 0.25) is 0 Å². The molecule has 1 rings (SSSR count). The van der Waals surface area contributed by atoms with Crippen molar-refractivity contribution >= 4 is 17.4 Å². The molecular formula is C12H15ClO2. The number of carbonyl (C=O) groups is 1. The Bertz CT molecular complexity index is 347. The van der Waals surface area contributed by atoms with Crippen molar-refractivity contribution in [3.63, 3.8) is 0 Å². The normalized spacial score (nSPS) is 10.1. The van der Waals surface area contributed by atoms with Crippen LogP contribution < -0.4 is 4.74 Å². The molecule has 0 saturated carbocycles. The van der Waals surface area contributed by atoms with E-state index in [9.17, 15) is 4.79 Å². The van der Waals surface area contributed by atoms with Crippen molar-refractivity contribution in [2.75, 3.05) is 12.5 Å². The minimum absolute atomic E-state index is 0.0732. The fourth-order valence-corrected chi connectivity index (χ4v) is 1.55. The summed E-state index contributed by atoms with van der Waals surface area (Å²) in [6, 6.07) is 5.55. The highest BCUT2D eigenvalue weighted by molar-refractivity contribution is 6.19. The zero-order valence-electron chi connectivity index (χ0n) is 9.05. The van der Waals surface area contributed by atoms with Gasteiger partial charge in [0.15, 0.2) is 5.78 Å². The molecule has 0 fully saturated rings. The Balaban J connectivity index is 2.94. The number of benzene rings is 1. The van der Waals surface area contributed by atoms with Crippen LogP contribution in [0.25, 0.3) is 0 Å². The molecule has 82 valence electrons. The number of ketones is 1. The summed E-state index contributed by atoms with van der Waals surface area (Å²) in [4.78, 5) is 11.7. The van der Waals surface area contributed by atoms with Crippen LogP contribution in [0.4, 0.5) is 0 Å². The van der Waals surface area contributed by atoms with Crippen LogP contribution >= 0.6 is 11.6 Å². The van der Waals surface area contributed by atoms with Gasteiger partial charge in [0.1, 0.15) is 5.75 Å². The van der Waals surface area contributed by atoms with E-state index in [0.717, 1.165) is 11.3 Å². The number of alkyl halides is 1. The first kappa shape index (κ1) is 12.1. The first-order chi connectivity index (χ1) is 7.19. The van der Waals surface area contributed by atoms with Crippen LogP contribution in [-0.4, -0.2) is 18.3 Å². The van der Waals surface area contributed by atoms with Gasteiger partial charge in [0.05, 0.1) is 6.61 Å². The molecule has 0 bridgehead atoms. The number of carbonyl (C=O) groups excluding carboxylic acids is 1. The summed E-state index contributed by atoms with van der Waals surface area (Å²) in [6.45, 7) is 4.43. The summed E-state index contributed by atoms with van der Waals surface area (Å²) in [5.41, 5.74) is 1.68. The van der Waals surface area contributed by atoms with Crippen molar-refractivity contribution in [2.24, 2.45) is 0 Å². The molecule has 0 aliphatic carbocycles. The zero-order valence-corrected chi connectivity index (χ0v) is 9.80. The molecule has 2 nitrogen and oxygen atoms in total. The van der Waals surface area contributed by atoms with Gasteiger partial charge in [0.25, 0.3) is 0 Å². The first-order valence-corrected chi connectivity index (χ1v) is 5.55. The predicted molar refractivity (Wildman–Crippen MR) is 62.0 cm³/mol. The number of ether oxygens (including phenoxy) is 1. The lowest BCUT2D eigenvalue weighted by Gasteiger charge is -2.07. The van der Waals surface area contributed by atoms with Gasteiger partial charge >= 0.3 is 0 Å².